The molecule has 0 unspecified atom stereocenters. The van der Waals surface area contributed by atoms with Crippen molar-refractivity contribution in [3.05, 3.63) is 29.6 Å². The van der Waals surface area contributed by atoms with Crippen molar-refractivity contribution in [2.45, 2.75) is 19.8 Å². The summed E-state index contributed by atoms with van der Waals surface area (Å²) in [5.41, 5.74) is 10.5. The fourth-order valence-corrected chi connectivity index (χ4v) is 1.34. The number of hydrogen-bond acceptors (Lipinski definition) is 3. The van der Waals surface area contributed by atoms with E-state index in [1.54, 1.807) is 6.07 Å². The second-order valence-electron chi connectivity index (χ2n) is 3.37. The summed E-state index contributed by atoms with van der Waals surface area (Å²) in [7, 11) is 0. The Labute approximate surface area is 94.0 Å². The maximum atomic E-state index is 13.5. The average Bonchev–Trinajstić information content (AvgIpc) is 2.20. The molecule has 1 aromatic rings. The van der Waals surface area contributed by atoms with E-state index in [0.29, 0.717) is 5.69 Å². The van der Waals surface area contributed by atoms with Gasteiger partial charge in [-0.15, -0.1) is 5.53 Å². The Morgan fingerprint density at radius 3 is 2.73 bits per heavy atom. The number of halogens is 1. The van der Waals surface area contributed by atoms with E-state index in [-0.39, 0.29) is 11.7 Å². The molecule has 0 aliphatic carbocycles. The number of para-hydroxylation sites is 1. The van der Waals surface area contributed by atoms with Crippen molar-refractivity contribution in [3.63, 3.8) is 0 Å². The van der Waals surface area contributed by atoms with Gasteiger partial charge in [0.2, 0.25) is 0 Å². The van der Waals surface area contributed by atoms with E-state index in [9.17, 15) is 4.39 Å². The van der Waals surface area contributed by atoms with Gasteiger partial charge in [0.15, 0.2) is 0 Å². The van der Waals surface area contributed by atoms with E-state index in [4.69, 9.17) is 0 Å². The second-order valence-corrected chi connectivity index (χ2v) is 3.61. The Bertz CT molecular complexity index is 341. The monoisotopic (exact) mass is 227 g/mol. The number of hydrogen-bond donors (Lipinski definition) is 3. The third-order valence-corrected chi connectivity index (χ3v) is 2.10. The van der Waals surface area contributed by atoms with Crippen LogP contribution in [0.4, 0.5) is 10.1 Å². The topological polar surface area (TPSA) is 36.1 Å². The third-order valence-electron chi connectivity index (χ3n) is 1.99. The largest absolute Gasteiger partial charge is 0.301 e. The van der Waals surface area contributed by atoms with Gasteiger partial charge in [0.05, 0.1) is 11.2 Å². The molecule has 0 saturated heterocycles. The Morgan fingerprint density at radius 2 is 2.13 bits per heavy atom. The zero-order valence-electron chi connectivity index (χ0n) is 8.67. The van der Waals surface area contributed by atoms with Gasteiger partial charge in [-0.25, -0.2) is 4.39 Å². The molecule has 5 heteroatoms. The first kappa shape index (κ1) is 11.9. The minimum atomic E-state index is -0.292. The van der Waals surface area contributed by atoms with Crippen LogP contribution in [-0.4, -0.2) is 5.49 Å². The molecule has 3 nitrogen and oxygen atoms in total. The first-order valence-corrected chi connectivity index (χ1v) is 5.12. The summed E-state index contributed by atoms with van der Waals surface area (Å²) in [4.78, 5) is 0. The lowest BCUT2D eigenvalue weighted by molar-refractivity contribution is 0.619. The highest BCUT2D eigenvalue weighted by Crippen LogP contribution is 2.25. The van der Waals surface area contributed by atoms with Crippen LogP contribution in [0.1, 0.15) is 25.3 Å². The number of hydrazine groups is 2. The quantitative estimate of drug-likeness (QED) is 0.410. The summed E-state index contributed by atoms with van der Waals surface area (Å²) in [6, 6.07) is 4.99. The number of thiocarbonyl (C=S) groups is 1. The van der Waals surface area contributed by atoms with Crippen molar-refractivity contribution in [3.8, 4) is 0 Å². The lowest BCUT2D eigenvalue weighted by atomic mass is 10.0. The minimum absolute atomic E-state index is 0.248. The summed E-state index contributed by atoms with van der Waals surface area (Å²) in [6.07, 6.45) is 0. The molecule has 0 amide bonds. The van der Waals surface area contributed by atoms with E-state index in [1.807, 2.05) is 19.9 Å². The van der Waals surface area contributed by atoms with E-state index in [2.05, 4.69) is 28.6 Å². The highest BCUT2D eigenvalue weighted by molar-refractivity contribution is 7.78. The second kappa shape index (κ2) is 5.63. The van der Waals surface area contributed by atoms with Gasteiger partial charge >= 0.3 is 0 Å². The number of anilines is 1. The van der Waals surface area contributed by atoms with Crippen molar-refractivity contribution >= 4 is 23.4 Å². The molecule has 0 spiro atoms. The predicted octanol–water partition coefficient (Wildman–Crippen LogP) is 2.33. The molecule has 0 saturated carbocycles. The molecule has 1 rings (SSSR count). The van der Waals surface area contributed by atoms with Crippen LogP contribution in [0.5, 0.6) is 0 Å². The average molecular weight is 227 g/mol. The molecule has 0 aliphatic heterocycles. The van der Waals surface area contributed by atoms with Crippen LogP contribution in [0.3, 0.4) is 0 Å². The summed E-state index contributed by atoms with van der Waals surface area (Å²) in [5, 5.41) is 0. The van der Waals surface area contributed by atoms with Crippen LogP contribution < -0.4 is 16.4 Å². The normalized spacial score (nSPS) is 10.1. The smallest absolute Gasteiger partial charge is 0.147 e. The third kappa shape index (κ3) is 3.14. The van der Waals surface area contributed by atoms with E-state index >= 15 is 0 Å². The zero-order chi connectivity index (χ0) is 11.3. The van der Waals surface area contributed by atoms with Gasteiger partial charge in [-0.2, -0.15) is 0 Å². The van der Waals surface area contributed by atoms with Gasteiger partial charge in [0.1, 0.15) is 5.82 Å². The fraction of sp³-hybridized carbons (Fsp3) is 0.300. The Hall–Kier alpha value is -1.20. The van der Waals surface area contributed by atoms with Crippen LogP contribution in [0.15, 0.2) is 18.2 Å². The van der Waals surface area contributed by atoms with Crippen LogP contribution in [0.2, 0.25) is 0 Å². The van der Waals surface area contributed by atoms with Gasteiger partial charge in [0.25, 0.3) is 0 Å². The molecule has 82 valence electrons. The lowest BCUT2D eigenvalue weighted by Gasteiger charge is -2.15. The van der Waals surface area contributed by atoms with Gasteiger partial charge in [0, 0.05) is 0 Å². The molecule has 15 heavy (non-hydrogen) atoms. The van der Waals surface area contributed by atoms with Crippen molar-refractivity contribution in [1.29, 1.82) is 0 Å². The molecule has 0 heterocycles. The first-order valence-electron chi connectivity index (χ1n) is 4.65. The first-order chi connectivity index (χ1) is 7.16. The minimum Gasteiger partial charge on any atom is -0.301 e. The Morgan fingerprint density at radius 1 is 1.40 bits per heavy atom. The van der Waals surface area contributed by atoms with Crippen molar-refractivity contribution in [2.75, 3.05) is 5.43 Å². The Balaban J connectivity index is 2.87. The highest BCUT2D eigenvalue weighted by atomic mass is 32.1. The molecule has 0 fully saturated rings. The predicted molar refractivity (Wildman–Crippen MR) is 64.0 cm³/mol. The van der Waals surface area contributed by atoms with E-state index < -0.39 is 0 Å². The summed E-state index contributed by atoms with van der Waals surface area (Å²) < 4.78 is 13.5. The van der Waals surface area contributed by atoms with Gasteiger partial charge in [-0.3, -0.25) is 0 Å². The molecule has 0 radical (unpaired) electrons. The van der Waals surface area contributed by atoms with Gasteiger partial charge < -0.3 is 10.9 Å². The molecule has 0 bridgehead atoms. The molecule has 0 atom stereocenters. The zero-order valence-corrected chi connectivity index (χ0v) is 9.49. The van der Waals surface area contributed by atoms with E-state index in [0.717, 1.165) is 5.56 Å². The number of rotatable bonds is 5. The van der Waals surface area contributed by atoms with Crippen LogP contribution >= 0.6 is 12.2 Å². The molecule has 0 aliphatic rings. The Kier molecular flexibility index (Phi) is 4.45. The van der Waals surface area contributed by atoms with Crippen molar-refractivity contribution < 1.29 is 4.39 Å². The van der Waals surface area contributed by atoms with Crippen LogP contribution in [0, 0.1) is 5.82 Å². The SMILES string of the molecule is CC(C)c1cccc(F)c1NNNC=S. The maximum absolute atomic E-state index is 13.5. The molecule has 0 aromatic heterocycles. The van der Waals surface area contributed by atoms with Crippen LogP contribution in [0.25, 0.3) is 0 Å². The summed E-state index contributed by atoms with van der Waals surface area (Å²) >= 11 is 4.55. The molecular weight excluding hydrogens is 213 g/mol. The maximum Gasteiger partial charge on any atom is 0.147 e. The summed E-state index contributed by atoms with van der Waals surface area (Å²) in [5.74, 6) is -0.0441. The molecule has 1 aromatic carbocycles. The van der Waals surface area contributed by atoms with E-state index in [1.165, 1.54) is 11.6 Å². The standard InChI is InChI=1S/C10H14FN3S/c1-7(2)8-4-3-5-9(11)10(8)13-14-12-6-15/h3-7,13-14H,1-2H3,(H,12,15). The summed E-state index contributed by atoms with van der Waals surface area (Å²) in [6.45, 7) is 4.01. The highest BCUT2D eigenvalue weighted by Gasteiger charge is 2.10. The molecule has 3 N–H and O–H groups in total. The van der Waals surface area contributed by atoms with Crippen molar-refractivity contribution in [1.82, 2.24) is 11.0 Å². The lowest BCUT2D eigenvalue weighted by Crippen LogP contribution is -2.35. The van der Waals surface area contributed by atoms with Crippen LogP contribution in [-0.2, 0) is 0 Å². The fourth-order valence-electron chi connectivity index (χ4n) is 1.28. The molecular formula is C10H14FN3S. The van der Waals surface area contributed by atoms with Gasteiger partial charge in [-0.05, 0) is 17.5 Å². The van der Waals surface area contributed by atoms with Gasteiger partial charge in [-0.1, -0.05) is 38.2 Å². The number of benzene rings is 1. The number of nitrogens with one attached hydrogen (secondary N) is 3. The van der Waals surface area contributed by atoms with Crippen molar-refractivity contribution in [2.24, 2.45) is 0 Å².